The van der Waals surface area contributed by atoms with Gasteiger partial charge in [0.1, 0.15) is 5.58 Å². The molecule has 8 atom stereocenters. The third-order valence-corrected chi connectivity index (χ3v) is 11.6. The van der Waals surface area contributed by atoms with E-state index in [9.17, 15) is 9.90 Å². The maximum atomic E-state index is 12.0. The summed E-state index contributed by atoms with van der Waals surface area (Å²) in [4.78, 5) is 12.0. The van der Waals surface area contributed by atoms with E-state index in [1.165, 1.54) is 44.9 Å². The van der Waals surface area contributed by atoms with Gasteiger partial charge in [-0.3, -0.25) is 0 Å². The monoisotopic (exact) mass is 522 g/mol. The van der Waals surface area contributed by atoms with Crippen molar-refractivity contribution in [3.63, 3.8) is 0 Å². The molecule has 2 aromatic rings. The lowest BCUT2D eigenvalue weighted by atomic mass is 9.45. The Morgan fingerprint density at radius 1 is 1.03 bits per heavy atom. The number of nitrogens with one attached hydrogen (secondary N) is 1. The number of hydrogen-bond donors (Lipinski definition) is 3. The molecule has 1 aromatic carbocycles. The third kappa shape index (κ3) is 4.61. The van der Waals surface area contributed by atoms with Crippen molar-refractivity contribution in [2.45, 2.75) is 90.3 Å². The smallest absolute Gasteiger partial charge is 0.336 e. The molecule has 6 rings (SSSR count). The number of nitrogen functional groups attached to an aromatic ring is 1. The quantitative estimate of drug-likeness (QED) is 0.259. The summed E-state index contributed by atoms with van der Waals surface area (Å²) in [6.07, 6.45) is 12.1. The summed E-state index contributed by atoms with van der Waals surface area (Å²) in [6, 6.07) is 7.09. The fraction of sp³-hybridized carbons (Fsp3) is 0.719. The summed E-state index contributed by atoms with van der Waals surface area (Å²) in [7, 11) is 0. The van der Waals surface area contributed by atoms with Crippen molar-refractivity contribution < 1.29 is 14.3 Å². The first-order valence-corrected chi connectivity index (χ1v) is 15.1. The standard InChI is InChI=1S/C32H46N2O4/c1-31-12-9-23(35)18-21(31)3-5-25-26-7-8-29(32(26,2)13-10-27(25)31)37-16-15-34-14-11-20-17-30(36)38-28-19-22(33)4-6-24(20)28/h4,6,17,19,21,23,25-27,29,34-35H,3,5,7-16,18,33H2,1-2H3/t21-,23+,25-,26-,27-,29-,31-,32-/m0/s1. The fourth-order valence-electron chi connectivity index (χ4n) is 9.54. The van der Waals surface area contributed by atoms with Gasteiger partial charge in [-0.05, 0) is 123 Å². The van der Waals surface area contributed by atoms with Gasteiger partial charge in [0.15, 0.2) is 0 Å². The Morgan fingerprint density at radius 3 is 2.71 bits per heavy atom. The molecule has 6 nitrogen and oxygen atoms in total. The molecule has 0 bridgehead atoms. The van der Waals surface area contributed by atoms with Gasteiger partial charge in [-0.2, -0.15) is 0 Å². The summed E-state index contributed by atoms with van der Waals surface area (Å²) >= 11 is 0. The summed E-state index contributed by atoms with van der Waals surface area (Å²) < 4.78 is 11.9. The molecule has 208 valence electrons. The third-order valence-electron chi connectivity index (χ3n) is 11.6. The molecule has 0 saturated heterocycles. The highest BCUT2D eigenvalue weighted by atomic mass is 16.5. The molecule has 0 amide bonds. The maximum Gasteiger partial charge on any atom is 0.336 e. The zero-order chi connectivity index (χ0) is 26.5. The van der Waals surface area contributed by atoms with Crippen LogP contribution < -0.4 is 16.7 Å². The normalized spacial score (nSPS) is 38.5. The zero-order valence-corrected chi connectivity index (χ0v) is 23.2. The Morgan fingerprint density at radius 2 is 1.84 bits per heavy atom. The number of benzene rings is 1. The largest absolute Gasteiger partial charge is 0.423 e. The lowest BCUT2D eigenvalue weighted by molar-refractivity contribution is -0.140. The highest BCUT2D eigenvalue weighted by molar-refractivity contribution is 5.83. The molecule has 0 aliphatic heterocycles. The van der Waals surface area contributed by atoms with Crippen molar-refractivity contribution in [2.24, 2.45) is 34.5 Å². The lowest BCUT2D eigenvalue weighted by Gasteiger charge is -2.60. The SMILES string of the molecule is C[C@]12CC[C@@H](O)C[C@@H]1CC[C@@H]1[C@@H]2CC[C@]2(C)[C@@H](OCCNCCc3cc(=O)oc4cc(N)ccc34)CC[C@@H]12. The molecule has 38 heavy (non-hydrogen) atoms. The fourth-order valence-corrected chi connectivity index (χ4v) is 9.54. The molecule has 4 aliphatic rings. The molecule has 0 spiro atoms. The van der Waals surface area contributed by atoms with Crippen LogP contribution in [0.2, 0.25) is 0 Å². The van der Waals surface area contributed by atoms with Crippen LogP contribution in [0.5, 0.6) is 0 Å². The number of nitrogens with two attached hydrogens (primary N) is 1. The van der Waals surface area contributed by atoms with Crippen LogP contribution in [-0.4, -0.2) is 37.0 Å². The lowest BCUT2D eigenvalue weighted by Crippen LogP contribution is -2.54. The summed E-state index contributed by atoms with van der Waals surface area (Å²) in [6.45, 7) is 7.43. The highest BCUT2D eigenvalue weighted by Gasteiger charge is 2.60. The number of rotatable bonds is 7. The molecule has 0 radical (unpaired) electrons. The molecule has 0 unspecified atom stereocenters. The van der Waals surface area contributed by atoms with Crippen molar-refractivity contribution in [3.05, 3.63) is 40.2 Å². The van der Waals surface area contributed by atoms with E-state index in [2.05, 4.69) is 19.2 Å². The maximum absolute atomic E-state index is 12.0. The first kappa shape index (κ1) is 26.3. The van der Waals surface area contributed by atoms with E-state index in [-0.39, 0.29) is 11.7 Å². The van der Waals surface area contributed by atoms with Crippen LogP contribution in [0.3, 0.4) is 0 Å². The Labute approximate surface area is 226 Å². The molecule has 4 aliphatic carbocycles. The Hall–Kier alpha value is -1.89. The molecule has 4 saturated carbocycles. The molecule has 4 fully saturated rings. The van der Waals surface area contributed by atoms with E-state index in [0.29, 0.717) is 28.2 Å². The summed E-state index contributed by atoms with van der Waals surface area (Å²) in [5.74, 6) is 3.18. The van der Waals surface area contributed by atoms with Crippen LogP contribution in [0.25, 0.3) is 11.0 Å². The average molecular weight is 523 g/mol. The first-order valence-electron chi connectivity index (χ1n) is 15.1. The van der Waals surface area contributed by atoms with Crippen molar-refractivity contribution in [2.75, 3.05) is 25.4 Å². The Balaban J connectivity index is 1.01. The minimum absolute atomic E-state index is 0.0672. The minimum Gasteiger partial charge on any atom is -0.423 e. The number of ether oxygens (including phenoxy) is 1. The number of anilines is 1. The number of aliphatic hydroxyl groups excluding tert-OH is 1. The topological polar surface area (TPSA) is 97.7 Å². The molecular weight excluding hydrogens is 476 g/mol. The van der Waals surface area contributed by atoms with Crippen molar-refractivity contribution in [1.82, 2.24) is 5.32 Å². The first-order chi connectivity index (χ1) is 18.3. The highest BCUT2D eigenvalue weighted by Crippen LogP contribution is 2.66. The van der Waals surface area contributed by atoms with Gasteiger partial charge in [0.05, 0.1) is 18.8 Å². The van der Waals surface area contributed by atoms with E-state index in [0.717, 1.165) is 73.6 Å². The van der Waals surface area contributed by atoms with Gasteiger partial charge < -0.3 is 25.3 Å². The van der Waals surface area contributed by atoms with Crippen LogP contribution in [-0.2, 0) is 11.2 Å². The number of fused-ring (bicyclic) bond motifs is 6. The van der Waals surface area contributed by atoms with Gasteiger partial charge in [-0.25, -0.2) is 4.79 Å². The van der Waals surface area contributed by atoms with E-state index in [4.69, 9.17) is 14.9 Å². The summed E-state index contributed by atoms with van der Waals surface area (Å²) in [5.41, 5.74) is 8.40. The number of hydrogen-bond acceptors (Lipinski definition) is 6. The second kappa shape index (κ2) is 10.3. The molecule has 4 N–H and O–H groups in total. The van der Waals surface area contributed by atoms with Crippen LogP contribution in [0.15, 0.2) is 33.5 Å². The second-order valence-corrected chi connectivity index (χ2v) is 13.4. The van der Waals surface area contributed by atoms with Gasteiger partial charge >= 0.3 is 5.63 Å². The van der Waals surface area contributed by atoms with Gasteiger partial charge in [0.2, 0.25) is 0 Å². The molecule has 6 heteroatoms. The Bertz CT molecular complexity index is 1210. The van der Waals surface area contributed by atoms with Crippen molar-refractivity contribution in [3.8, 4) is 0 Å². The number of aliphatic hydroxyl groups is 1. The van der Waals surface area contributed by atoms with Gasteiger partial charge in [0, 0.05) is 29.8 Å². The van der Waals surface area contributed by atoms with Gasteiger partial charge in [-0.15, -0.1) is 0 Å². The van der Waals surface area contributed by atoms with Crippen LogP contribution >= 0.6 is 0 Å². The minimum atomic E-state index is -0.330. The van der Waals surface area contributed by atoms with E-state index in [1.807, 2.05) is 12.1 Å². The van der Waals surface area contributed by atoms with E-state index < -0.39 is 0 Å². The molecular formula is C32H46N2O4. The van der Waals surface area contributed by atoms with Crippen molar-refractivity contribution >= 4 is 16.7 Å². The van der Waals surface area contributed by atoms with Gasteiger partial charge in [-0.1, -0.05) is 13.8 Å². The average Bonchev–Trinajstić information content (AvgIpc) is 3.22. The predicted octanol–water partition coefficient (Wildman–Crippen LogP) is 5.30. The molecule has 1 aromatic heterocycles. The van der Waals surface area contributed by atoms with Crippen LogP contribution in [0.1, 0.15) is 77.2 Å². The predicted molar refractivity (Wildman–Crippen MR) is 151 cm³/mol. The van der Waals surface area contributed by atoms with Crippen LogP contribution in [0.4, 0.5) is 5.69 Å². The van der Waals surface area contributed by atoms with Crippen LogP contribution in [0, 0.1) is 34.5 Å². The molecule has 1 heterocycles. The Kier molecular flexibility index (Phi) is 7.11. The second-order valence-electron chi connectivity index (χ2n) is 13.4. The zero-order valence-electron chi connectivity index (χ0n) is 23.2. The van der Waals surface area contributed by atoms with E-state index >= 15 is 0 Å². The van der Waals surface area contributed by atoms with Crippen molar-refractivity contribution in [1.29, 1.82) is 0 Å². The summed E-state index contributed by atoms with van der Waals surface area (Å²) in [5, 5.41) is 14.8. The van der Waals surface area contributed by atoms with Gasteiger partial charge in [0.25, 0.3) is 0 Å². The van der Waals surface area contributed by atoms with E-state index in [1.54, 1.807) is 12.1 Å².